The molecule has 3 N–H and O–H groups in total. The van der Waals surface area contributed by atoms with Crippen LogP contribution in [0.15, 0.2) is 6.20 Å². The summed E-state index contributed by atoms with van der Waals surface area (Å²) in [6, 6.07) is 0.135. The van der Waals surface area contributed by atoms with Crippen LogP contribution in [0.25, 0.3) is 0 Å². The number of aliphatic hydroxyl groups excluding tert-OH is 1. The number of carbonyl (C=O) groups excluding carboxylic acids is 1. The third-order valence-electron chi connectivity index (χ3n) is 4.65. The number of hydrogen-bond acceptors (Lipinski definition) is 5. The van der Waals surface area contributed by atoms with E-state index >= 15 is 0 Å². The van der Waals surface area contributed by atoms with Crippen molar-refractivity contribution in [2.75, 3.05) is 18.5 Å². The van der Waals surface area contributed by atoms with Crippen molar-refractivity contribution in [3.8, 4) is 0 Å². The van der Waals surface area contributed by atoms with Crippen LogP contribution in [0.1, 0.15) is 35.9 Å². The quantitative estimate of drug-likeness (QED) is 0.773. The molecule has 20 heavy (non-hydrogen) atoms. The van der Waals surface area contributed by atoms with Crippen LogP contribution in [-0.2, 0) is 0 Å². The molecule has 4 atom stereocenters. The number of nitrogens with zero attached hydrogens (tertiary/aromatic N) is 1. The van der Waals surface area contributed by atoms with Gasteiger partial charge >= 0.3 is 0 Å². The van der Waals surface area contributed by atoms with Crippen molar-refractivity contribution >= 4 is 22.4 Å². The molecule has 0 saturated heterocycles. The second-order valence-corrected chi connectivity index (χ2v) is 6.77. The number of aliphatic hydroxyl groups is 1. The van der Waals surface area contributed by atoms with Crippen molar-refractivity contribution in [1.82, 2.24) is 10.3 Å². The van der Waals surface area contributed by atoms with Gasteiger partial charge in [-0.2, -0.15) is 0 Å². The third-order valence-corrected chi connectivity index (χ3v) is 5.61. The monoisotopic (exact) mass is 295 g/mol. The highest BCUT2D eigenvalue weighted by Crippen LogP contribution is 2.48. The average molecular weight is 295 g/mol. The molecule has 3 rings (SSSR count). The van der Waals surface area contributed by atoms with E-state index in [0.717, 1.165) is 18.1 Å². The second kappa shape index (κ2) is 5.69. The fourth-order valence-electron chi connectivity index (χ4n) is 3.73. The summed E-state index contributed by atoms with van der Waals surface area (Å²) in [7, 11) is 0. The van der Waals surface area contributed by atoms with Crippen molar-refractivity contribution in [2.24, 2.45) is 17.8 Å². The molecule has 1 aromatic heterocycles. The highest BCUT2D eigenvalue weighted by Gasteiger charge is 2.47. The summed E-state index contributed by atoms with van der Waals surface area (Å²) in [6.45, 7) is 2.98. The van der Waals surface area contributed by atoms with Crippen LogP contribution in [0.5, 0.6) is 0 Å². The SMILES string of the molecule is CCNc1ncc(C(=O)NC2C3CCC(C3)C2CO)s1. The van der Waals surface area contributed by atoms with Crippen LogP contribution in [0, 0.1) is 17.8 Å². The number of anilines is 1. The summed E-state index contributed by atoms with van der Waals surface area (Å²) in [4.78, 5) is 17.1. The Morgan fingerprint density at radius 2 is 2.30 bits per heavy atom. The average Bonchev–Trinajstić information content (AvgIpc) is 3.13. The van der Waals surface area contributed by atoms with Gasteiger partial charge in [0.25, 0.3) is 5.91 Å². The number of carbonyl (C=O) groups is 1. The zero-order chi connectivity index (χ0) is 14.1. The van der Waals surface area contributed by atoms with Crippen molar-refractivity contribution in [3.05, 3.63) is 11.1 Å². The number of fused-ring (bicyclic) bond motifs is 2. The van der Waals surface area contributed by atoms with Gasteiger partial charge in [0.2, 0.25) is 0 Å². The van der Waals surface area contributed by atoms with Crippen LogP contribution in [0.2, 0.25) is 0 Å². The predicted molar refractivity (Wildman–Crippen MR) is 78.9 cm³/mol. The maximum absolute atomic E-state index is 12.3. The van der Waals surface area contributed by atoms with Gasteiger partial charge in [0.15, 0.2) is 5.13 Å². The van der Waals surface area contributed by atoms with E-state index in [9.17, 15) is 9.90 Å². The van der Waals surface area contributed by atoms with Gasteiger partial charge in [-0.25, -0.2) is 4.98 Å². The second-order valence-electron chi connectivity index (χ2n) is 5.74. The molecule has 2 saturated carbocycles. The van der Waals surface area contributed by atoms with Crippen molar-refractivity contribution in [2.45, 2.75) is 32.2 Å². The summed E-state index contributed by atoms with van der Waals surface area (Å²) in [6.07, 6.45) is 5.16. The van der Waals surface area contributed by atoms with Gasteiger partial charge in [-0.1, -0.05) is 11.3 Å². The Bertz CT molecular complexity index is 491. The molecule has 2 fully saturated rings. The van der Waals surface area contributed by atoms with E-state index in [0.29, 0.717) is 16.7 Å². The Labute approximate surface area is 122 Å². The van der Waals surface area contributed by atoms with Gasteiger partial charge in [-0.15, -0.1) is 0 Å². The summed E-state index contributed by atoms with van der Waals surface area (Å²) in [5.41, 5.74) is 0. The van der Waals surface area contributed by atoms with Crippen molar-refractivity contribution < 1.29 is 9.90 Å². The number of nitrogens with one attached hydrogen (secondary N) is 2. The van der Waals surface area contributed by atoms with E-state index in [1.807, 2.05) is 6.92 Å². The fourth-order valence-corrected chi connectivity index (χ4v) is 4.52. The van der Waals surface area contributed by atoms with Gasteiger partial charge in [0.1, 0.15) is 4.88 Å². The molecule has 2 aliphatic carbocycles. The molecule has 110 valence electrons. The van der Waals surface area contributed by atoms with Gasteiger partial charge in [0.05, 0.1) is 6.20 Å². The van der Waals surface area contributed by atoms with Crippen LogP contribution in [0.4, 0.5) is 5.13 Å². The van der Waals surface area contributed by atoms with E-state index in [1.165, 1.54) is 24.2 Å². The summed E-state index contributed by atoms with van der Waals surface area (Å²) < 4.78 is 0. The lowest BCUT2D eigenvalue weighted by Gasteiger charge is -2.30. The zero-order valence-electron chi connectivity index (χ0n) is 11.6. The molecule has 2 aliphatic rings. The minimum absolute atomic E-state index is 0.0531. The topological polar surface area (TPSA) is 74.2 Å². The van der Waals surface area contributed by atoms with E-state index in [1.54, 1.807) is 6.20 Å². The summed E-state index contributed by atoms with van der Waals surface area (Å²) in [5.74, 6) is 1.32. The Balaban J connectivity index is 1.66. The number of aromatic nitrogens is 1. The van der Waals surface area contributed by atoms with E-state index in [2.05, 4.69) is 15.6 Å². The molecular weight excluding hydrogens is 274 g/mol. The third kappa shape index (κ3) is 2.42. The Hall–Kier alpha value is -1.14. The lowest BCUT2D eigenvalue weighted by atomic mass is 9.85. The fraction of sp³-hybridized carbons (Fsp3) is 0.714. The van der Waals surface area contributed by atoms with E-state index in [4.69, 9.17) is 0 Å². The lowest BCUT2D eigenvalue weighted by molar-refractivity contribution is 0.0865. The van der Waals surface area contributed by atoms with E-state index < -0.39 is 0 Å². The number of amides is 1. The van der Waals surface area contributed by atoms with Crippen LogP contribution in [0.3, 0.4) is 0 Å². The van der Waals surface area contributed by atoms with Crippen LogP contribution >= 0.6 is 11.3 Å². The smallest absolute Gasteiger partial charge is 0.263 e. The van der Waals surface area contributed by atoms with Gasteiger partial charge in [-0.05, 0) is 38.0 Å². The van der Waals surface area contributed by atoms with Crippen LogP contribution in [-0.4, -0.2) is 35.2 Å². The normalized spacial score (nSPS) is 31.5. The minimum atomic E-state index is -0.0531. The lowest BCUT2D eigenvalue weighted by Crippen LogP contribution is -2.45. The summed E-state index contributed by atoms with van der Waals surface area (Å²) >= 11 is 1.38. The minimum Gasteiger partial charge on any atom is -0.396 e. The molecule has 0 aliphatic heterocycles. The Morgan fingerprint density at radius 1 is 1.50 bits per heavy atom. The molecule has 0 radical (unpaired) electrons. The molecule has 0 aromatic carbocycles. The molecule has 1 heterocycles. The number of thiazole rings is 1. The molecule has 4 unspecified atom stereocenters. The Morgan fingerprint density at radius 3 is 3.05 bits per heavy atom. The molecule has 0 spiro atoms. The van der Waals surface area contributed by atoms with Gasteiger partial charge in [0, 0.05) is 25.1 Å². The van der Waals surface area contributed by atoms with Crippen LogP contribution < -0.4 is 10.6 Å². The maximum Gasteiger partial charge on any atom is 0.263 e. The molecule has 1 amide bonds. The van der Waals surface area contributed by atoms with Gasteiger partial charge < -0.3 is 15.7 Å². The van der Waals surface area contributed by atoms with Crippen molar-refractivity contribution in [3.63, 3.8) is 0 Å². The highest BCUT2D eigenvalue weighted by molar-refractivity contribution is 7.17. The highest BCUT2D eigenvalue weighted by atomic mass is 32.1. The standard InChI is InChI=1S/C14H21N3O2S/c1-2-15-14-16-6-11(20-14)13(19)17-12-9-4-3-8(5-9)10(12)7-18/h6,8-10,12,18H,2-5,7H2,1H3,(H,15,16)(H,17,19). The van der Waals surface area contributed by atoms with Gasteiger partial charge in [-0.3, -0.25) is 4.79 Å². The first kappa shape index (κ1) is 13.8. The molecular formula is C14H21N3O2S. The first-order valence-corrected chi connectivity index (χ1v) is 8.16. The van der Waals surface area contributed by atoms with E-state index in [-0.39, 0.29) is 24.5 Å². The maximum atomic E-state index is 12.3. The number of hydrogen-bond donors (Lipinski definition) is 3. The zero-order valence-corrected chi connectivity index (χ0v) is 12.4. The first-order chi connectivity index (χ1) is 9.72. The molecule has 6 heteroatoms. The molecule has 2 bridgehead atoms. The summed E-state index contributed by atoms with van der Waals surface area (Å²) in [5, 5.41) is 16.6. The number of rotatable bonds is 5. The Kier molecular flexibility index (Phi) is 3.94. The molecule has 1 aromatic rings. The van der Waals surface area contributed by atoms with Crippen molar-refractivity contribution in [1.29, 1.82) is 0 Å². The predicted octanol–water partition coefficient (Wildman–Crippen LogP) is 1.71. The largest absolute Gasteiger partial charge is 0.396 e. The molecule has 5 nitrogen and oxygen atoms in total. The first-order valence-electron chi connectivity index (χ1n) is 7.34.